The summed E-state index contributed by atoms with van der Waals surface area (Å²) in [6.45, 7) is 4.72. The number of aromatic nitrogens is 4. The molecule has 0 spiro atoms. The molecule has 4 aliphatic rings. The Balaban J connectivity index is 1.40. The molecule has 0 radical (unpaired) electrons. The van der Waals surface area contributed by atoms with Crippen LogP contribution in [0.5, 0.6) is 0 Å². The highest BCUT2D eigenvalue weighted by Gasteiger charge is 2.61. The normalized spacial score (nSPS) is 26.9. The molecule has 7 heteroatoms. The van der Waals surface area contributed by atoms with E-state index in [1.165, 1.54) is 12.8 Å². The lowest BCUT2D eigenvalue weighted by Crippen LogP contribution is -2.50. The number of aliphatic hydroxyl groups is 1. The van der Waals surface area contributed by atoms with Crippen LogP contribution in [0.2, 0.25) is 5.02 Å². The Labute approximate surface area is 168 Å². The molecule has 2 saturated heterocycles. The van der Waals surface area contributed by atoms with Gasteiger partial charge in [-0.05, 0) is 51.7 Å². The quantitative estimate of drug-likeness (QED) is 0.724. The summed E-state index contributed by atoms with van der Waals surface area (Å²) in [4.78, 5) is 2.38. The molecular weight excluding hydrogens is 374 g/mol. The fourth-order valence-corrected chi connectivity index (χ4v) is 5.34. The molecule has 1 N–H and O–H groups in total. The van der Waals surface area contributed by atoms with Gasteiger partial charge >= 0.3 is 0 Å². The molecule has 28 heavy (non-hydrogen) atoms. The van der Waals surface area contributed by atoms with Gasteiger partial charge in [-0.1, -0.05) is 11.6 Å². The summed E-state index contributed by atoms with van der Waals surface area (Å²) in [6.07, 6.45) is 10.3. The van der Waals surface area contributed by atoms with E-state index in [0.717, 1.165) is 46.7 Å². The first-order valence-corrected chi connectivity index (χ1v) is 10.4. The van der Waals surface area contributed by atoms with E-state index in [0.29, 0.717) is 12.1 Å². The van der Waals surface area contributed by atoms with Gasteiger partial charge in [-0.2, -0.15) is 10.2 Å². The number of rotatable bonds is 4. The largest absolute Gasteiger partial charge is 0.390 e. The number of fused-ring (bicyclic) bond motifs is 2. The smallest absolute Gasteiger partial charge is 0.103 e. The first kappa shape index (κ1) is 16.9. The first-order valence-electron chi connectivity index (χ1n) is 10.1. The Hall–Kier alpha value is -2.05. The molecule has 3 aromatic rings. The Kier molecular flexibility index (Phi) is 3.19. The maximum atomic E-state index is 10.6. The molecule has 0 amide bonds. The minimum atomic E-state index is -0.673. The number of anilines is 1. The highest BCUT2D eigenvalue weighted by molar-refractivity contribution is 6.34. The fraction of sp³-hybridized carbons (Fsp3) is 0.524. The van der Waals surface area contributed by atoms with Crippen LogP contribution in [0.4, 0.5) is 5.69 Å². The van der Waals surface area contributed by atoms with Crippen molar-refractivity contribution in [3.63, 3.8) is 0 Å². The van der Waals surface area contributed by atoms with Crippen LogP contribution < -0.4 is 4.90 Å². The summed E-state index contributed by atoms with van der Waals surface area (Å²) in [6, 6.07) is 5.16. The molecule has 146 valence electrons. The van der Waals surface area contributed by atoms with Crippen LogP contribution in [0.15, 0.2) is 30.7 Å². The second kappa shape index (κ2) is 5.30. The average molecular weight is 398 g/mol. The molecule has 7 rings (SSSR count). The van der Waals surface area contributed by atoms with Crippen LogP contribution in [0, 0.1) is 5.41 Å². The van der Waals surface area contributed by atoms with Crippen LogP contribution in [-0.4, -0.2) is 42.9 Å². The van der Waals surface area contributed by atoms with Crippen molar-refractivity contribution in [2.24, 2.45) is 5.41 Å². The van der Waals surface area contributed by atoms with Crippen LogP contribution >= 0.6 is 11.6 Å². The van der Waals surface area contributed by atoms with Gasteiger partial charge in [-0.25, -0.2) is 4.68 Å². The Morgan fingerprint density at radius 2 is 1.93 bits per heavy atom. The summed E-state index contributed by atoms with van der Waals surface area (Å²) >= 11 is 6.68. The maximum absolute atomic E-state index is 10.6. The summed E-state index contributed by atoms with van der Waals surface area (Å²) < 4.78 is 4.00. The molecule has 2 bridgehead atoms. The fourth-order valence-electron chi connectivity index (χ4n) is 5.06. The second-order valence-corrected chi connectivity index (χ2v) is 9.77. The molecule has 2 aromatic heterocycles. The summed E-state index contributed by atoms with van der Waals surface area (Å²) in [7, 11) is 0. The Bertz CT molecular complexity index is 1080. The van der Waals surface area contributed by atoms with E-state index in [9.17, 15) is 5.11 Å². The zero-order valence-electron chi connectivity index (χ0n) is 16.1. The third-order valence-electron chi connectivity index (χ3n) is 7.16. The van der Waals surface area contributed by atoms with Crippen molar-refractivity contribution in [1.82, 2.24) is 19.6 Å². The Morgan fingerprint density at radius 1 is 1.14 bits per heavy atom. The van der Waals surface area contributed by atoms with E-state index in [-0.39, 0.29) is 5.41 Å². The van der Waals surface area contributed by atoms with Gasteiger partial charge in [0.1, 0.15) is 5.69 Å². The molecule has 2 aliphatic heterocycles. The number of hydrogen-bond donors (Lipinski definition) is 1. The van der Waals surface area contributed by atoms with Gasteiger partial charge in [0.25, 0.3) is 0 Å². The molecular formula is C21H24ClN5O. The topological polar surface area (TPSA) is 59.1 Å². The highest BCUT2D eigenvalue weighted by atomic mass is 35.5. The van der Waals surface area contributed by atoms with Gasteiger partial charge in [-0.15, -0.1) is 0 Å². The van der Waals surface area contributed by atoms with Gasteiger partial charge in [0.2, 0.25) is 0 Å². The van der Waals surface area contributed by atoms with E-state index in [1.807, 2.05) is 41.7 Å². The Morgan fingerprint density at radius 3 is 2.61 bits per heavy atom. The predicted molar refractivity (Wildman–Crippen MR) is 109 cm³/mol. The summed E-state index contributed by atoms with van der Waals surface area (Å²) in [5, 5.41) is 21.5. The van der Waals surface area contributed by atoms with E-state index < -0.39 is 5.60 Å². The number of benzene rings is 1. The molecule has 2 aliphatic carbocycles. The lowest BCUT2D eigenvalue weighted by atomic mass is 9.61. The van der Waals surface area contributed by atoms with E-state index >= 15 is 0 Å². The number of nitrogens with zero attached hydrogens (tertiary/aromatic N) is 5. The van der Waals surface area contributed by atoms with Gasteiger partial charge < -0.3 is 10.0 Å². The molecule has 0 atom stereocenters. The van der Waals surface area contributed by atoms with Crippen molar-refractivity contribution in [3.05, 3.63) is 35.7 Å². The SMILES string of the molecule is CC(C)(O)C12CC(C1)N(c1cc3c(cnn3-c3cnn(C4CC4)c3)cc1Cl)C2. The third kappa shape index (κ3) is 2.25. The van der Waals surface area contributed by atoms with Crippen LogP contribution in [0.3, 0.4) is 0 Å². The van der Waals surface area contributed by atoms with Crippen molar-refractivity contribution in [1.29, 1.82) is 0 Å². The molecule has 4 fully saturated rings. The van der Waals surface area contributed by atoms with Crippen molar-refractivity contribution in [2.75, 3.05) is 11.4 Å². The maximum Gasteiger partial charge on any atom is 0.103 e. The van der Waals surface area contributed by atoms with Gasteiger partial charge in [0.05, 0.1) is 46.5 Å². The molecule has 4 heterocycles. The van der Waals surface area contributed by atoms with Crippen LogP contribution in [-0.2, 0) is 0 Å². The summed E-state index contributed by atoms with van der Waals surface area (Å²) in [5.41, 5.74) is 2.36. The molecule has 0 unspecified atom stereocenters. The molecule has 1 aromatic carbocycles. The van der Waals surface area contributed by atoms with Gasteiger partial charge in [0, 0.05) is 23.4 Å². The van der Waals surface area contributed by atoms with E-state index in [2.05, 4.69) is 27.4 Å². The minimum absolute atomic E-state index is 0.0262. The average Bonchev–Trinajstić information content (AvgIpc) is 3.01. The lowest BCUT2D eigenvalue weighted by molar-refractivity contribution is -0.0754. The van der Waals surface area contributed by atoms with Crippen molar-refractivity contribution in [2.45, 2.75) is 57.2 Å². The first-order chi connectivity index (χ1) is 13.3. The minimum Gasteiger partial charge on any atom is -0.390 e. The predicted octanol–water partition coefficient (Wildman–Crippen LogP) is 3.95. The number of halogens is 1. The molecule has 6 nitrogen and oxygen atoms in total. The summed E-state index contributed by atoms with van der Waals surface area (Å²) in [5.74, 6) is 0. The highest BCUT2D eigenvalue weighted by Crippen LogP contribution is 2.59. The monoisotopic (exact) mass is 397 g/mol. The third-order valence-corrected chi connectivity index (χ3v) is 7.47. The number of hydrogen-bond acceptors (Lipinski definition) is 4. The zero-order valence-corrected chi connectivity index (χ0v) is 16.9. The standard InChI is InChI=1S/C21H24ClN5O/c1-20(2,28)21-7-15(8-21)25(12-21)19-6-18-13(5-17(19)22)9-24-27(18)16-10-23-26(11-16)14-3-4-14/h5-6,9-11,14-15,28H,3-4,7-8,12H2,1-2H3. The second-order valence-electron chi connectivity index (χ2n) is 9.36. The van der Waals surface area contributed by atoms with Crippen LogP contribution in [0.25, 0.3) is 16.6 Å². The van der Waals surface area contributed by atoms with Crippen molar-refractivity contribution in [3.8, 4) is 5.69 Å². The van der Waals surface area contributed by atoms with Gasteiger partial charge in [-0.3, -0.25) is 4.68 Å². The van der Waals surface area contributed by atoms with Crippen molar-refractivity contribution >= 4 is 28.2 Å². The molecule has 2 saturated carbocycles. The van der Waals surface area contributed by atoms with Crippen LogP contribution in [0.1, 0.15) is 45.6 Å². The van der Waals surface area contributed by atoms with E-state index in [1.54, 1.807) is 0 Å². The van der Waals surface area contributed by atoms with Crippen molar-refractivity contribution < 1.29 is 5.11 Å². The van der Waals surface area contributed by atoms with E-state index in [4.69, 9.17) is 11.6 Å². The zero-order chi connectivity index (χ0) is 19.3. The lowest BCUT2D eigenvalue weighted by Gasteiger charge is -2.45. The van der Waals surface area contributed by atoms with Gasteiger partial charge in [0.15, 0.2) is 0 Å².